The lowest BCUT2D eigenvalue weighted by atomic mass is 9.96. The van der Waals surface area contributed by atoms with Gasteiger partial charge < -0.3 is 0 Å². The highest BCUT2D eigenvalue weighted by Gasteiger charge is 2.30. The number of halogens is 1. The Labute approximate surface area is 128 Å². The average Bonchev–Trinajstić information content (AvgIpc) is 2.78. The Morgan fingerprint density at radius 3 is 2.57 bits per heavy atom. The number of nitrogens with one attached hydrogen (secondary N) is 1. The van der Waals surface area contributed by atoms with Crippen LogP contribution in [0.1, 0.15) is 19.4 Å². The molecule has 21 heavy (non-hydrogen) atoms. The van der Waals surface area contributed by atoms with Gasteiger partial charge in [0, 0.05) is 10.6 Å². The van der Waals surface area contributed by atoms with E-state index in [1.54, 1.807) is 19.9 Å². The molecule has 2 aromatic rings. The zero-order valence-electron chi connectivity index (χ0n) is 11.9. The number of rotatable bonds is 5. The van der Waals surface area contributed by atoms with Gasteiger partial charge in [-0.15, -0.1) is 5.10 Å². The van der Waals surface area contributed by atoms with E-state index in [-0.39, 0.29) is 5.16 Å². The number of hydrogen-bond donors (Lipinski definition) is 1. The summed E-state index contributed by atoms with van der Waals surface area (Å²) in [7, 11) is -2.33. The molecule has 0 amide bonds. The zero-order valence-corrected chi connectivity index (χ0v) is 13.5. The monoisotopic (exact) mass is 329 g/mol. The molecular weight excluding hydrogens is 314 g/mol. The number of benzene rings is 1. The second-order valence-corrected chi connectivity index (χ2v) is 7.30. The van der Waals surface area contributed by atoms with Gasteiger partial charge in [-0.05, 0) is 37.1 Å². The summed E-state index contributed by atoms with van der Waals surface area (Å²) in [4.78, 5) is 1.09. The highest BCUT2D eigenvalue weighted by atomic mass is 35.5. The van der Waals surface area contributed by atoms with Crippen molar-refractivity contribution in [3.05, 3.63) is 34.9 Å². The highest BCUT2D eigenvalue weighted by Crippen LogP contribution is 2.21. The summed E-state index contributed by atoms with van der Waals surface area (Å²) in [6.45, 7) is 3.54. The number of sulfonamides is 1. The number of hydrogen-bond acceptors (Lipinski definition) is 5. The molecule has 0 saturated heterocycles. The van der Waals surface area contributed by atoms with Gasteiger partial charge >= 0.3 is 5.16 Å². The number of nitrogens with zero attached hydrogens (tertiary/aromatic N) is 4. The Morgan fingerprint density at radius 1 is 1.33 bits per heavy atom. The van der Waals surface area contributed by atoms with E-state index >= 15 is 0 Å². The average molecular weight is 330 g/mol. The lowest BCUT2D eigenvalue weighted by Crippen LogP contribution is -2.45. The maximum Gasteiger partial charge on any atom is 0.303 e. The molecule has 0 aliphatic rings. The van der Waals surface area contributed by atoms with Crippen molar-refractivity contribution in [3.63, 3.8) is 0 Å². The summed E-state index contributed by atoms with van der Waals surface area (Å²) >= 11 is 6.11. The fourth-order valence-corrected chi connectivity index (χ4v) is 3.40. The standard InChI is InChI=1S/C12H16ClN5O2S/c1-12(2,8-9-6-4-5-7-10(9)13)16-21(19,20)11-14-17-18(3)15-11/h4-7,16H,8H2,1-3H3. The van der Waals surface area contributed by atoms with Crippen molar-refractivity contribution in [3.8, 4) is 0 Å². The molecule has 114 valence electrons. The molecule has 1 aromatic carbocycles. The van der Waals surface area contributed by atoms with Crippen LogP contribution in [0.2, 0.25) is 5.02 Å². The Balaban J connectivity index is 2.19. The normalized spacial score (nSPS) is 12.6. The zero-order chi connectivity index (χ0) is 15.7. The maximum absolute atomic E-state index is 12.2. The van der Waals surface area contributed by atoms with Crippen LogP contribution in [0.5, 0.6) is 0 Å². The van der Waals surface area contributed by atoms with E-state index < -0.39 is 15.6 Å². The van der Waals surface area contributed by atoms with Crippen LogP contribution < -0.4 is 4.72 Å². The first-order valence-corrected chi connectivity index (χ1v) is 8.07. The Bertz CT molecular complexity index is 742. The van der Waals surface area contributed by atoms with E-state index in [2.05, 4.69) is 20.1 Å². The van der Waals surface area contributed by atoms with Crippen LogP contribution in [0.25, 0.3) is 0 Å². The Hall–Kier alpha value is -1.51. The van der Waals surface area contributed by atoms with Gasteiger partial charge in [0.15, 0.2) is 0 Å². The van der Waals surface area contributed by atoms with Gasteiger partial charge in [0.1, 0.15) is 0 Å². The summed E-state index contributed by atoms with van der Waals surface area (Å²) in [5.74, 6) is 0. The van der Waals surface area contributed by atoms with Gasteiger partial charge in [-0.25, -0.2) is 13.1 Å². The third-order valence-electron chi connectivity index (χ3n) is 2.73. The molecule has 1 N–H and O–H groups in total. The van der Waals surface area contributed by atoms with Crippen molar-refractivity contribution in [2.24, 2.45) is 7.05 Å². The number of aromatic nitrogens is 4. The van der Waals surface area contributed by atoms with Crippen molar-refractivity contribution in [1.29, 1.82) is 0 Å². The topological polar surface area (TPSA) is 89.8 Å². The van der Waals surface area contributed by atoms with Crippen molar-refractivity contribution in [1.82, 2.24) is 24.9 Å². The molecule has 7 nitrogen and oxygen atoms in total. The molecule has 0 aliphatic heterocycles. The SMILES string of the molecule is Cn1nnc(S(=O)(=O)NC(C)(C)Cc2ccccc2Cl)n1. The molecule has 1 heterocycles. The molecule has 0 unspecified atom stereocenters. The summed E-state index contributed by atoms with van der Waals surface area (Å²) in [6, 6.07) is 7.31. The molecule has 9 heteroatoms. The summed E-state index contributed by atoms with van der Waals surface area (Å²) < 4.78 is 27.0. The minimum Gasteiger partial charge on any atom is -0.204 e. The Kier molecular flexibility index (Phi) is 4.31. The van der Waals surface area contributed by atoms with Crippen LogP contribution in [-0.4, -0.2) is 34.2 Å². The van der Waals surface area contributed by atoms with Gasteiger partial charge in [0.25, 0.3) is 10.0 Å². The second kappa shape index (κ2) is 5.70. The molecule has 0 saturated carbocycles. The molecule has 0 fully saturated rings. The lowest BCUT2D eigenvalue weighted by Gasteiger charge is -2.25. The maximum atomic E-state index is 12.2. The minimum atomic E-state index is -3.83. The molecule has 0 bridgehead atoms. The molecule has 0 aliphatic carbocycles. The predicted octanol–water partition coefficient (Wildman–Crippen LogP) is 1.16. The molecular formula is C12H16ClN5O2S. The van der Waals surface area contributed by atoms with Crippen LogP contribution >= 0.6 is 11.6 Å². The van der Waals surface area contributed by atoms with Crippen LogP contribution in [0.3, 0.4) is 0 Å². The van der Waals surface area contributed by atoms with E-state index in [9.17, 15) is 8.42 Å². The van der Waals surface area contributed by atoms with Gasteiger partial charge in [-0.2, -0.15) is 4.80 Å². The summed E-state index contributed by atoms with van der Waals surface area (Å²) in [5, 5.41) is 11.0. The van der Waals surface area contributed by atoms with Crippen molar-refractivity contribution < 1.29 is 8.42 Å². The van der Waals surface area contributed by atoms with Crippen LogP contribution in [-0.2, 0) is 23.5 Å². The third kappa shape index (κ3) is 3.99. The van der Waals surface area contributed by atoms with Gasteiger partial charge in [-0.1, -0.05) is 34.9 Å². The molecule has 0 spiro atoms. The molecule has 1 aromatic heterocycles. The van der Waals surface area contributed by atoms with Crippen molar-refractivity contribution in [2.75, 3.05) is 0 Å². The van der Waals surface area contributed by atoms with Crippen LogP contribution in [0.15, 0.2) is 29.4 Å². The van der Waals surface area contributed by atoms with Crippen molar-refractivity contribution in [2.45, 2.75) is 31.0 Å². The van der Waals surface area contributed by atoms with E-state index in [0.717, 1.165) is 10.4 Å². The second-order valence-electron chi connectivity index (χ2n) is 5.32. The van der Waals surface area contributed by atoms with Crippen LogP contribution in [0, 0.1) is 0 Å². The molecule has 0 radical (unpaired) electrons. The minimum absolute atomic E-state index is 0.350. The van der Waals surface area contributed by atoms with E-state index in [1.165, 1.54) is 7.05 Å². The van der Waals surface area contributed by atoms with E-state index in [4.69, 9.17) is 11.6 Å². The lowest BCUT2D eigenvalue weighted by molar-refractivity contribution is 0.447. The summed E-state index contributed by atoms with van der Waals surface area (Å²) in [6.07, 6.45) is 0.437. The van der Waals surface area contributed by atoms with Crippen LogP contribution in [0.4, 0.5) is 0 Å². The first-order valence-electron chi connectivity index (χ1n) is 6.21. The largest absolute Gasteiger partial charge is 0.303 e. The summed E-state index contributed by atoms with van der Waals surface area (Å²) in [5.41, 5.74) is 0.113. The quantitative estimate of drug-likeness (QED) is 0.889. The molecule has 0 atom stereocenters. The van der Waals surface area contributed by atoms with Gasteiger partial charge in [0.05, 0.1) is 7.05 Å². The smallest absolute Gasteiger partial charge is 0.204 e. The van der Waals surface area contributed by atoms with Crippen molar-refractivity contribution >= 4 is 21.6 Å². The number of tetrazole rings is 1. The fraction of sp³-hybridized carbons (Fsp3) is 0.417. The van der Waals surface area contributed by atoms with E-state index in [1.807, 2.05) is 18.2 Å². The first kappa shape index (κ1) is 15.9. The predicted molar refractivity (Wildman–Crippen MR) is 78.4 cm³/mol. The van der Waals surface area contributed by atoms with E-state index in [0.29, 0.717) is 11.4 Å². The molecule has 2 rings (SSSR count). The highest BCUT2D eigenvalue weighted by molar-refractivity contribution is 7.89. The first-order chi connectivity index (χ1) is 9.70. The fourth-order valence-electron chi connectivity index (χ4n) is 1.94. The Morgan fingerprint density at radius 2 is 2.00 bits per heavy atom. The van der Waals surface area contributed by atoms with Gasteiger partial charge in [-0.3, -0.25) is 0 Å². The third-order valence-corrected chi connectivity index (χ3v) is 4.57. The number of aryl methyl sites for hydroxylation is 1. The van der Waals surface area contributed by atoms with Gasteiger partial charge in [0.2, 0.25) is 0 Å².